The normalized spacial score (nSPS) is 14.1. The molecule has 0 saturated heterocycles. The van der Waals surface area contributed by atoms with Gasteiger partial charge < -0.3 is 4.98 Å². The third-order valence-corrected chi connectivity index (χ3v) is 5.17. The third kappa shape index (κ3) is 3.08. The fourth-order valence-corrected chi connectivity index (χ4v) is 3.79. The van der Waals surface area contributed by atoms with Crippen molar-refractivity contribution >= 4 is 10.9 Å². The molecule has 0 saturated carbocycles. The fraction of sp³-hybridized carbons (Fsp3) is 0.182. The Bertz CT molecular complexity index is 1200. The number of hydrogen-bond acceptors (Lipinski definition) is 5. The zero-order valence-electron chi connectivity index (χ0n) is 15.3. The largest absolute Gasteiger partial charge is 0.305 e. The number of rotatable bonds is 3. The lowest BCUT2D eigenvalue weighted by atomic mass is 10.0. The highest BCUT2D eigenvalue weighted by Gasteiger charge is 2.22. The summed E-state index contributed by atoms with van der Waals surface area (Å²) in [5.74, 6) is 0.526. The molecule has 0 radical (unpaired) electrons. The molecule has 4 heterocycles. The standard InChI is InChI=1S/C22H19N5O/c28-22-17-9-12-27(13-16-6-3-5-15-7-4-11-24-20(15)16)14-19(17)25-21(26-22)18-8-1-2-10-23-18/h1-8,10-11H,9,12-14H2,(H,25,26,28). The van der Waals surface area contributed by atoms with Crippen molar-refractivity contribution in [1.82, 2.24) is 24.8 Å². The zero-order valence-corrected chi connectivity index (χ0v) is 15.3. The van der Waals surface area contributed by atoms with Gasteiger partial charge >= 0.3 is 0 Å². The van der Waals surface area contributed by atoms with Crippen LogP contribution in [0.1, 0.15) is 16.8 Å². The molecule has 0 fully saturated rings. The average Bonchev–Trinajstić information content (AvgIpc) is 2.74. The summed E-state index contributed by atoms with van der Waals surface area (Å²) in [4.78, 5) is 31.3. The summed E-state index contributed by atoms with van der Waals surface area (Å²) >= 11 is 0. The molecule has 0 spiro atoms. The molecular formula is C22H19N5O. The maximum Gasteiger partial charge on any atom is 0.254 e. The Hall–Kier alpha value is -3.38. The Morgan fingerprint density at radius 1 is 1.00 bits per heavy atom. The van der Waals surface area contributed by atoms with Gasteiger partial charge in [-0.15, -0.1) is 0 Å². The van der Waals surface area contributed by atoms with E-state index in [9.17, 15) is 4.79 Å². The molecule has 0 aliphatic carbocycles. The lowest BCUT2D eigenvalue weighted by Crippen LogP contribution is -2.35. The monoisotopic (exact) mass is 369 g/mol. The van der Waals surface area contributed by atoms with Gasteiger partial charge in [0.15, 0.2) is 5.82 Å². The maximum absolute atomic E-state index is 12.5. The van der Waals surface area contributed by atoms with Crippen LogP contribution in [0.2, 0.25) is 0 Å². The fourth-order valence-electron chi connectivity index (χ4n) is 3.79. The molecule has 1 aliphatic heterocycles. The van der Waals surface area contributed by atoms with Gasteiger partial charge in [0, 0.05) is 43.0 Å². The van der Waals surface area contributed by atoms with Crippen LogP contribution in [0, 0.1) is 0 Å². The van der Waals surface area contributed by atoms with Crippen molar-refractivity contribution in [3.8, 4) is 11.5 Å². The highest BCUT2D eigenvalue weighted by atomic mass is 16.1. The van der Waals surface area contributed by atoms with Crippen LogP contribution in [-0.4, -0.2) is 31.4 Å². The molecule has 3 aromatic heterocycles. The molecule has 6 heteroatoms. The van der Waals surface area contributed by atoms with E-state index >= 15 is 0 Å². The summed E-state index contributed by atoms with van der Waals surface area (Å²) in [6.45, 7) is 2.24. The summed E-state index contributed by atoms with van der Waals surface area (Å²) in [7, 11) is 0. The number of aromatic amines is 1. The van der Waals surface area contributed by atoms with Crippen LogP contribution < -0.4 is 5.56 Å². The van der Waals surface area contributed by atoms with E-state index in [0.717, 1.165) is 35.2 Å². The minimum atomic E-state index is -0.0582. The smallest absolute Gasteiger partial charge is 0.254 e. The number of para-hydroxylation sites is 1. The van der Waals surface area contributed by atoms with E-state index in [2.05, 4.69) is 44.1 Å². The number of pyridine rings is 2. The van der Waals surface area contributed by atoms with Crippen LogP contribution >= 0.6 is 0 Å². The summed E-state index contributed by atoms with van der Waals surface area (Å²) in [6, 6.07) is 15.9. The highest BCUT2D eigenvalue weighted by Crippen LogP contribution is 2.22. The molecule has 1 aliphatic rings. The van der Waals surface area contributed by atoms with Crippen LogP contribution in [0.4, 0.5) is 0 Å². The quantitative estimate of drug-likeness (QED) is 0.601. The van der Waals surface area contributed by atoms with E-state index in [1.807, 2.05) is 30.5 Å². The van der Waals surface area contributed by atoms with Crippen LogP contribution in [0.25, 0.3) is 22.4 Å². The van der Waals surface area contributed by atoms with Gasteiger partial charge in [-0.3, -0.25) is 19.7 Å². The van der Waals surface area contributed by atoms with Gasteiger partial charge in [0.05, 0.1) is 11.2 Å². The van der Waals surface area contributed by atoms with E-state index in [-0.39, 0.29) is 5.56 Å². The molecule has 0 atom stereocenters. The zero-order chi connectivity index (χ0) is 18.9. The van der Waals surface area contributed by atoms with E-state index in [1.165, 1.54) is 5.56 Å². The first kappa shape index (κ1) is 16.8. The molecule has 1 N–H and O–H groups in total. The number of benzene rings is 1. The molecule has 0 amide bonds. The molecule has 28 heavy (non-hydrogen) atoms. The van der Waals surface area contributed by atoms with Gasteiger partial charge in [0.25, 0.3) is 5.56 Å². The first-order valence-electron chi connectivity index (χ1n) is 9.36. The van der Waals surface area contributed by atoms with E-state index in [1.54, 1.807) is 6.20 Å². The van der Waals surface area contributed by atoms with E-state index in [0.29, 0.717) is 24.5 Å². The Balaban J connectivity index is 1.46. The van der Waals surface area contributed by atoms with Crippen LogP contribution in [0.3, 0.4) is 0 Å². The molecule has 138 valence electrons. The maximum atomic E-state index is 12.5. The first-order valence-corrected chi connectivity index (χ1v) is 9.36. The number of hydrogen-bond donors (Lipinski definition) is 1. The van der Waals surface area contributed by atoms with Gasteiger partial charge in [-0.2, -0.15) is 0 Å². The minimum Gasteiger partial charge on any atom is -0.305 e. The van der Waals surface area contributed by atoms with Gasteiger partial charge in [0.1, 0.15) is 5.69 Å². The van der Waals surface area contributed by atoms with Gasteiger partial charge in [-0.25, -0.2) is 4.98 Å². The molecule has 0 unspecified atom stereocenters. The molecule has 4 aromatic rings. The number of fused-ring (bicyclic) bond motifs is 2. The Kier molecular flexibility index (Phi) is 4.18. The summed E-state index contributed by atoms with van der Waals surface area (Å²) in [6.07, 6.45) is 4.23. The first-order chi connectivity index (χ1) is 13.8. The molecule has 5 rings (SSSR count). The van der Waals surface area contributed by atoms with Gasteiger partial charge in [-0.1, -0.05) is 30.3 Å². The predicted molar refractivity (Wildman–Crippen MR) is 108 cm³/mol. The van der Waals surface area contributed by atoms with Gasteiger partial charge in [-0.05, 0) is 30.2 Å². The second kappa shape index (κ2) is 6.98. The Morgan fingerprint density at radius 2 is 1.89 bits per heavy atom. The van der Waals surface area contributed by atoms with Crippen molar-refractivity contribution in [3.05, 3.63) is 88.1 Å². The molecule has 1 aromatic carbocycles. The lowest BCUT2D eigenvalue weighted by Gasteiger charge is -2.28. The van der Waals surface area contributed by atoms with Crippen molar-refractivity contribution in [2.24, 2.45) is 0 Å². The third-order valence-electron chi connectivity index (χ3n) is 5.17. The van der Waals surface area contributed by atoms with Crippen molar-refractivity contribution in [3.63, 3.8) is 0 Å². The van der Waals surface area contributed by atoms with Crippen LogP contribution in [-0.2, 0) is 19.5 Å². The van der Waals surface area contributed by atoms with Crippen molar-refractivity contribution in [2.75, 3.05) is 6.54 Å². The van der Waals surface area contributed by atoms with Crippen molar-refractivity contribution in [2.45, 2.75) is 19.5 Å². The van der Waals surface area contributed by atoms with E-state index < -0.39 is 0 Å². The highest BCUT2D eigenvalue weighted by molar-refractivity contribution is 5.81. The van der Waals surface area contributed by atoms with Crippen LogP contribution in [0.15, 0.2) is 65.7 Å². The topological polar surface area (TPSA) is 74.8 Å². The molecule has 0 bridgehead atoms. The molecular weight excluding hydrogens is 350 g/mol. The Labute approximate surface area is 161 Å². The van der Waals surface area contributed by atoms with E-state index in [4.69, 9.17) is 4.98 Å². The second-order valence-corrected chi connectivity index (χ2v) is 7.01. The lowest BCUT2D eigenvalue weighted by molar-refractivity contribution is 0.241. The summed E-state index contributed by atoms with van der Waals surface area (Å²) < 4.78 is 0. The number of nitrogens with one attached hydrogen (secondary N) is 1. The predicted octanol–water partition coefficient (Wildman–Crippen LogP) is 2.94. The number of nitrogens with zero attached hydrogens (tertiary/aromatic N) is 4. The average molecular weight is 369 g/mol. The summed E-state index contributed by atoms with van der Waals surface area (Å²) in [5.41, 5.74) is 4.46. The number of H-pyrrole nitrogens is 1. The van der Waals surface area contributed by atoms with Gasteiger partial charge in [0.2, 0.25) is 0 Å². The van der Waals surface area contributed by atoms with Crippen molar-refractivity contribution < 1.29 is 0 Å². The summed E-state index contributed by atoms with van der Waals surface area (Å²) in [5, 5.41) is 1.14. The number of aromatic nitrogens is 4. The second-order valence-electron chi connectivity index (χ2n) is 7.01. The van der Waals surface area contributed by atoms with Crippen LogP contribution in [0.5, 0.6) is 0 Å². The SMILES string of the molecule is O=c1[nH]c(-c2ccccn2)nc2c1CCN(Cc1cccc3cccnc13)C2. The Morgan fingerprint density at radius 3 is 2.79 bits per heavy atom. The van der Waals surface area contributed by atoms with Crippen molar-refractivity contribution in [1.29, 1.82) is 0 Å². The minimum absolute atomic E-state index is 0.0582. The molecule has 6 nitrogen and oxygen atoms in total.